The van der Waals surface area contributed by atoms with E-state index in [9.17, 15) is 18.0 Å². The standard InChI is InChI=1S/C21H26N2O4S/c1-15-7-10-19(14-16(15)2)22-21(25)6-5-13-23(4)28(26,27)20-11-8-18(9-12-20)17(3)24/h7-12,14H,5-6,13H2,1-4H3,(H,22,25). The number of carbonyl (C=O) groups is 2. The summed E-state index contributed by atoms with van der Waals surface area (Å²) in [7, 11) is -2.18. The molecule has 0 spiro atoms. The summed E-state index contributed by atoms with van der Waals surface area (Å²) < 4.78 is 26.4. The number of benzene rings is 2. The van der Waals surface area contributed by atoms with Gasteiger partial charge >= 0.3 is 0 Å². The lowest BCUT2D eigenvalue weighted by molar-refractivity contribution is -0.116. The molecule has 0 saturated carbocycles. The minimum Gasteiger partial charge on any atom is -0.326 e. The molecule has 0 saturated heterocycles. The summed E-state index contributed by atoms with van der Waals surface area (Å²) in [4.78, 5) is 23.5. The van der Waals surface area contributed by atoms with Crippen LogP contribution in [0.4, 0.5) is 5.69 Å². The normalized spacial score (nSPS) is 11.5. The third-order valence-electron chi connectivity index (χ3n) is 4.64. The lowest BCUT2D eigenvalue weighted by Crippen LogP contribution is -2.28. The number of nitrogens with one attached hydrogen (secondary N) is 1. The molecule has 2 aromatic rings. The Bertz CT molecular complexity index is 966. The summed E-state index contributed by atoms with van der Waals surface area (Å²) in [6.45, 7) is 5.63. The molecule has 0 radical (unpaired) electrons. The molecule has 1 N–H and O–H groups in total. The summed E-state index contributed by atoms with van der Waals surface area (Å²) >= 11 is 0. The van der Waals surface area contributed by atoms with Crippen LogP contribution in [0.25, 0.3) is 0 Å². The number of sulfonamides is 1. The Balaban J connectivity index is 1.89. The predicted molar refractivity (Wildman–Crippen MR) is 110 cm³/mol. The van der Waals surface area contributed by atoms with Crippen molar-refractivity contribution in [2.24, 2.45) is 0 Å². The van der Waals surface area contributed by atoms with Crippen molar-refractivity contribution in [1.29, 1.82) is 0 Å². The Kier molecular flexibility index (Phi) is 7.10. The average Bonchev–Trinajstić information content (AvgIpc) is 2.64. The summed E-state index contributed by atoms with van der Waals surface area (Å²) in [6.07, 6.45) is 0.619. The van der Waals surface area contributed by atoms with E-state index in [-0.39, 0.29) is 29.6 Å². The molecule has 28 heavy (non-hydrogen) atoms. The van der Waals surface area contributed by atoms with Crippen LogP contribution in [0.1, 0.15) is 41.3 Å². The highest BCUT2D eigenvalue weighted by atomic mass is 32.2. The topological polar surface area (TPSA) is 83.6 Å². The van der Waals surface area contributed by atoms with Crippen LogP contribution >= 0.6 is 0 Å². The quantitative estimate of drug-likeness (QED) is 0.685. The molecule has 0 atom stereocenters. The maximum Gasteiger partial charge on any atom is 0.242 e. The van der Waals surface area contributed by atoms with Gasteiger partial charge in [0.15, 0.2) is 5.78 Å². The van der Waals surface area contributed by atoms with Crippen LogP contribution in [0.2, 0.25) is 0 Å². The van der Waals surface area contributed by atoms with Gasteiger partial charge in [0, 0.05) is 31.3 Å². The second-order valence-electron chi connectivity index (χ2n) is 6.86. The van der Waals surface area contributed by atoms with Crippen molar-refractivity contribution in [1.82, 2.24) is 4.31 Å². The molecule has 0 aliphatic heterocycles. The van der Waals surface area contributed by atoms with Gasteiger partial charge in [0.05, 0.1) is 4.90 Å². The molecule has 0 heterocycles. The first-order valence-electron chi connectivity index (χ1n) is 9.05. The Hall–Kier alpha value is -2.51. The lowest BCUT2D eigenvalue weighted by atomic mass is 10.1. The summed E-state index contributed by atoms with van der Waals surface area (Å²) in [5.41, 5.74) is 3.45. The second kappa shape index (κ2) is 9.12. The van der Waals surface area contributed by atoms with Gasteiger partial charge in [0.1, 0.15) is 0 Å². The van der Waals surface area contributed by atoms with Crippen molar-refractivity contribution in [3.63, 3.8) is 0 Å². The zero-order valence-electron chi connectivity index (χ0n) is 16.7. The lowest BCUT2D eigenvalue weighted by Gasteiger charge is -2.17. The van der Waals surface area contributed by atoms with Crippen molar-refractivity contribution in [3.05, 3.63) is 59.2 Å². The molecule has 0 aliphatic rings. The highest BCUT2D eigenvalue weighted by Gasteiger charge is 2.20. The van der Waals surface area contributed by atoms with Gasteiger partial charge in [-0.2, -0.15) is 0 Å². The fourth-order valence-corrected chi connectivity index (χ4v) is 3.88. The van der Waals surface area contributed by atoms with E-state index in [1.165, 1.54) is 42.5 Å². The molecule has 150 valence electrons. The Morgan fingerprint density at radius 1 is 1.00 bits per heavy atom. The van der Waals surface area contributed by atoms with Gasteiger partial charge in [-0.25, -0.2) is 12.7 Å². The Morgan fingerprint density at radius 3 is 2.21 bits per heavy atom. The van der Waals surface area contributed by atoms with Gasteiger partial charge in [-0.3, -0.25) is 9.59 Å². The maximum atomic E-state index is 12.6. The van der Waals surface area contributed by atoms with Crippen molar-refractivity contribution in [3.8, 4) is 0 Å². The Morgan fingerprint density at radius 2 is 1.64 bits per heavy atom. The van der Waals surface area contributed by atoms with E-state index < -0.39 is 10.0 Å². The summed E-state index contributed by atoms with van der Waals surface area (Å²) in [6, 6.07) is 11.6. The summed E-state index contributed by atoms with van der Waals surface area (Å²) in [5.74, 6) is -0.271. The highest BCUT2D eigenvalue weighted by Crippen LogP contribution is 2.17. The fourth-order valence-electron chi connectivity index (χ4n) is 2.67. The smallest absolute Gasteiger partial charge is 0.242 e. The first-order chi connectivity index (χ1) is 13.1. The average molecular weight is 403 g/mol. The van der Waals surface area contributed by atoms with E-state index in [0.717, 1.165) is 16.8 Å². The SMILES string of the molecule is CC(=O)c1ccc(S(=O)(=O)N(C)CCCC(=O)Nc2ccc(C)c(C)c2)cc1. The molecule has 1 amide bonds. The van der Waals surface area contributed by atoms with Gasteiger partial charge in [0.25, 0.3) is 0 Å². The molecule has 2 aromatic carbocycles. The number of amides is 1. The van der Waals surface area contributed by atoms with E-state index >= 15 is 0 Å². The number of hydrogen-bond acceptors (Lipinski definition) is 4. The molecule has 0 unspecified atom stereocenters. The number of carbonyl (C=O) groups excluding carboxylic acids is 2. The third kappa shape index (κ3) is 5.50. The van der Waals surface area contributed by atoms with Crippen LogP contribution < -0.4 is 5.32 Å². The minimum absolute atomic E-state index is 0.118. The number of anilines is 1. The Labute approximate surface area is 166 Å². The molecule has 0 fully saturated rings. The van der Waals surface area contributed by atoms with Crippen LogP contribution in [-0.4, -0.2) is 38.0 Å². The maximum absolute atomic E-state index is 12.6. The monoisotopic (exact) mass is 402 g/mol. The molecule has 0 aromatic heterocycles. The number of rotatable bonds is 8. The number of nitrogens with zero attached hydrogens (tertiary/aromatic N) is 1. The number of aryl methyl sites for hydroxylation is 2. The van der Waals surface area contributed by atoms with Crippen molar-refractivity contribution in [2.75, 3.05) is 18.9 Å². The van der Waals surface area contributed by atoms with Gasteiger partial charge in [-0.05, 0) is 62.6 Å². The third-order valence-corrected chi connectivity index (χ3v) is 6.51. The zero-order chi connectivity index (χ0) is 20.9. The van der Waals surface area contributed by atoms with Gasteiger partial charge < -0.3 is 5.32 Å². The van der Waals surface area contributed by atoms with Crippen LogP contribution in [0.5, 0.6) is 0 Å². The minimum atomic E-state index is -3.66. The van der Waals surface area contributed by atoms with Crippen molar-refractivity contribution in [2.45, 2.75) is 38.5 Å². The second-order valence-corrected chi connectivity index (χ2v) is 8.90. The summed E-state index contributed by atoms with van der Waals surface area (Å²) in [5, 5.41) is 2.83. The van der Waals surface area contributed by atoms with Crippen molar-refractivity contribution >= 4 is 27.4 Å². The first-order valence-corrected chi connectivity index (χ1v) is 10.5. The van der Waals surface area contributed by atoms with E-state index in [0.29, 0.717) is 12.0 Å². The van der Waals surface area contributed by atoms with Crippen LogP contribution in [0.15, 0.2) is 47.4 Å². The largest absolute Gasteiger partial charge is 0.326 e. The van der Waals surface area contributed by atoms with E-state index in [4.69, 9.17) is 0 Å². The van der Waals surface area contributed by atoms with Gasteiger partial charge in [-0.1, -0.05) is 18.2 Å². The van der Waals surface area contributed by atoms with E-state index in [1.807, 2.05) is 32.0 Å². The number of ketones is 1. The predicted octanol–water partition coefficient (Wildman–Crippen LogP) is 3.55. The number of hydrogen-bond donors (Lipinski definition) is 1. The van der Waals surface area contributed by atoms with E-state index in [1.54, 1.807) is 0 Å². The van der Waals surface area contributed by atoms with Crippen LogP contribution in [-0.2, 0) is 14.8 Å². The zero-order valence-corrected chi connectivity index (χ0v) is 17.5. The first kappa shape index (κ1) is 21.8. The molecular weight excluding hydrogens is 376 g/mol. The van der Waals surface area contributed by atoms with Gasteiger partial charge in [0.2, 0.25) is 15.9 Å². The van der Waals surface area contributed by atoms with E-state index in [2.05, 4.69) is 5.32 Å². The van der Waals surface area contributed by atoms with Crippen LogP contribution in [0.3, 0.4) is 0 Å². The molecule has 0 aliphatic carbocycles. The molecule has 2 rings (SSSR count). The van der Waals surface area contributed by atoms with Crippen molar-refractivity contribution < 1.29 is 18.0 Å². The molecule has 6 nitrogen and oxygen atoms in total. The molecular formula is C21H26N2O4S. The molecule has 7 heteroatoms. The molecule has 0 bridgehead atoms. The fraction of sp³-hybridized carbons (Fsp3) is 0.333. The highest BCUT2D eigenvalue weighted by molar-refractivity contribution is 7.89. The van der Waals surface area contributed by atoms with Gasteiger partial charge in [-0.15, -0.1) is 0 Å². The number of Topliss-reactive ketones (excluding diaryl/α,β-unsaturated/α-hetero) is 1. The van der Waals surface area contributed by atoms with Crippen LogP contribution in [0, 0.1) is 13.8 Å².